The summed E-state index contributed by atoms with van der Waals surface area (Å²) in [7, 11) is 0. The molecule has 1 fully saturated rings. The van der Waals surface area contributed by atoms with Gasteiger partial charge in [-0.3, -0.25) is 9.69 Å². The van der Waals surface area contributed by atoms with E-state index in [2.05, 4.69) is 15.5 Å². The zero-order valence-corrected chi connectivity index (χ0v) is 10.2. The molecule has 1 amide bonds. The van der Waals surface area contributed by atoms with Gasteiger partial charge in [-0.2, -0.15) is 0 Å². The highest BCUT2D eigenvalue weighted by atomic mass is 16.2. The first kappa shape index (κ1) is 11.5. The average molecular weight is 245 g/mol. The van der Waals surface area contributed by atoms with Gasteiger partial charge in [-0.1, -0.05) is 0 Å². The van der Waals surface area contributed by atoms with E-state index < -0.39 is 0 Å². The molecule has 0 aromatic heterocycles. The van der Waals surface area contributed by atoms with Crippen molar-refractivity contribution in [1.82, 2.24) is 16.0 Å². The van der Waals surface area contributed by atoms with E-state index in [1.165, 1.54) is 0 Å². The van der Waals surface area contributed by atoms with Crippen LogP contribution in [0.25, 0.3) is 0 Å². The number of piperazine rings is 1. The molecule has 18 heavy (non-hydrogen) atoms. The molecule has 1 saturated heterocycles. The Morgan fingerprint density at radius 3 is 2.83 bits per heavy atom. The fraction of sp³-hybridized carbons (Fsp3) is 0.462. The molecule has 2 aliphatic rings. The van der Waals surface area contributed by atoms with Crippen LogP contribution in [0.3, 0.4) is 0 Å². The number of anilines is 1. The van der Waals surface area contributed by atoms with E-state index in [9.17, 15) is 4.79 Å². The fourth-order valence-corrected chi connectivity index (χ4v) is 2.69. The van der Waals surface area contributed by atoms with Crippen molar-refractivity contribution in [3.8, 4) is 0 Å². The van der Waals surface area contributed by atoms with Gasteiger partial charge in [-0.15, -0.1) is 0 Å². The van der Waals surface area contributed by atoms with Crippen molar-refractivity contribution in [3.63, 3.8) is 0 Å². The Balaban J connectivity index is 1.83. The molecule has 0 spiro atoms. The molecule has 2 aliphatic heterocycles. The summed E-state index contributed by atoms with van der Waals surface area (Å²) >= 11 is 0. The van der Waals surface area contributed by atoms with E-state index in [-0.39, 0.29) is 11.9 Å². The second kappa shape index (κ2) is 4.59. The predicted molar refractivity (Wildman–Crippen MR) is 69.8 cm³/mol. The van der Waals surface area contributed by atoms with Crippen LogP contribution in [0.5, 0.6) is 0 Å². The molecule has 1 unspecified atom stereocenters. The van der Waals surface area contributed by atoms with E-state index in [0.717, 1.165) is 37.4 Å². The van der Waals surface area contributed by atoms with Crippen molar-refractivity contribution in [2.45, 2.75) is 12.5 Å². The first-order valence-electron chi connectivity index (χ1n) is 6.34. The van der Waals surface area contributed by atoms with E-state index in [1.807, 2.05) is 12.1 Å². The number of nitrogens with one attached hydrogen (secondary N) is 3. The summed E-state index contributed by atoms with van der Waals surface area (Å²) in [6, 6.07) is 5.30. The summed E-state index contributed by atoms with van der Waals surface area (Å²) in [6.07, 6.45) is 0.716. The molecule has 3 N–H and O–H groups in total. The maximum Gasteiger partial charge on any atom is 0.242 e. The molecule has 2 heterocycles. The highest BCUT2D eigenvalue weighted by molar-refractivity contribution is 5.98. The van der Waals surface area contributed by atoms with Crippen molar-refractivity contribution in [3.05, 3.63) is 23.8 Å². The minimum atomic E-state index is -0.0820. The number of fused-ring (bicyclic) bond motifs is 1. The summed E-state index contributed by atoms with van der Waals surface area (Å²) in [5.74, 6) is 0.0853. The van der Waals surface area contributed by atoms with E-state index in [0.29, 0.717) is 12.1 Å². The molecule has 95 valence electrons. The predicted octanol–water partition coefficient (Wildman–Crippen LogP) is 0.369. The standard InChI is InChI=1S/C13H17N4O/c14-10-1-2-11-9(7-10)8-12(13(18)16-11)17-5-3-15-4-6-17/h1-2,7,12,14-15H,3-6,8H2,(H,16,18). The number of rotatable bonds is 1. The van der Waals surface area contributed by atoms with Crippen LogP contribution >= 0.6 is 0 Å². The maximum atomic E-state index is 12.1. The number of amides is 1. The summed E-state index contributed by atoms with van der Waals surface area (Å²) in [5.41, 5.74) is 10.1. The van der Waals surface area contributed by atoms with Gasteiger partial charge in [0.25, 0.3) is 0 Å². The van der Waals surface area contributed by atoms with Crippen LogP contribution in [0.15, 0.2) is 18.2 Å². The first-order valence-corrected chi connectivity index (χ1v) is 6.34. The van der Waals surface area contributed by atoms with Crippen molar-refractivity contribution in [1.29, 1.82) is 0 Å². The Labute approximate surface area is 106 Å². The normalized spacial score (nSPS) is 24.4. The molecular weight excluding hydrogens is 228 g/mol. The molecule has 0 saturated carbocycles. The summed E-state index contributed by atoms with van der Waals surface area (Å²) in [6.45, 7) is 3.70. The monoisotopic (exact) mass is 245 g/mol. The summed E-state index contributed by atoms with van der Waals surface area (Å²) < 4.78 is 0. The van der Waals surface area contributed by atoms with Gasteiger partial charge in [0.05, 0.1) is 11.7 Å². The summed E-state index contributed by atoms with van der Waals surface area (Å²) in [5, 5.41) is 6.24. The van der Waals surface area contributed by atoms with Gasteiger partial charge in [-0.05, 0) is 30.2 Å². The van der Waals surface area contributed by atoms with Gasteiger partial charge in [0, 0.05) is 31.9 Å². The number of carbonyl (C=O) groups is 1. The Morgan fingerprint density at radius 1 is 1.28 bits per heavy atom. The van der Waals surface area contributed by atoms with Crippen molar-refractivity contribution in [2.75, 3.05) is 31.5 Å². The van der Waals surface area contributed by atoms with Crippen LogP contribution in [-0.4, -0.2) is 43.0 Å². The lowest BCUT2D eigenvalue weighted by molar-refractivity contribution is -0.121. The number of hydrogen-bond donors (Lipinski definition) is 2. The third-order valence-electron chi connectivity index (χ3n) is 3.67. The molecule has 1 aromatic carbocycles. The zero-order valence-electron chi connectivity index (χ0n) is 10.2. The lowest BCUT2D eigenvalue weighted by Gasteiger charge is -2.36. The summed E-state index contributed by atoms with van der Waals surface area (Å²) in [4.78, 5) is 14.3. The van der Waals surface area contributed by atoms with Crippen LogP contribution in [0.1, 0.15) is 5.56 Å². The third kappa shape index (κ3) is 2.07. The van der Waals surface area contributed by atoms with Crippen LogP contribution in [0.2, 0.25) is 0 Å². The number of carbonyl (C=O) groups excluding carboxylic acids is 1. The third-order valence-corrected chi connectivity index (χ3v) is 3.67. The van der Waals surface area contributed by atoms with Gasteiger partial charge in [-0.25, -0.2) is 0 Å². The van der Waals surface area contributed by atoms with E-state index in [1.54, 1.807) is 6.07 Å². The topological polar surface area (TPSA) is 68.2 Å². The smallest absolute Gasteiger partial charge is 0.242 e. The van der Waals surface area contributed by atoms with E-state index in [4.69, 9.17) is 5.73 Å². The molecule has 1 atom stereocenters. The highest BCUT2D eigenvalue weighted by Gasteiger charge is 2.31. The van der Waals surface area contributed by atoms with Crippen LogP contribution in [0, 0.1) is 0 Å². The van der Waals surface area contributed by atoms with Crippen LogP contribution in [0.4, 0.5) is 11.4 Å². The van der Waals surface area contributed by atoms with Crippen molar-refractivity contribution >= 4 is 17.3 Å². The van der Waals surface area contributed by atoms with Gasteiger partial charge in [0.15, 0.2) is 0 Å². The minimum Gasteiger partial charge on any atom is -0.324 e. The van der Waals surface area contributed by atoms with Crippen LogP contribution < -0.4 is 16.4 Å². The molecule has 5 heteroatoms. The lowest BCUT2D eigenvalue weighted by Crippen LogP contribution is -2.54. The second-order valence-corrected chi connectivity index (χ2v) is 4.87. The van der Waals surface area contributed by atoms with E-state index >= 15 is 0 Å². The number of hydrogen-bond acceptors (Lipinski definition) is 3. The largest absolute Gasteiger partial charge is 0.324 e. The van der Waals surface area contributed by atoms with Gasteiger partial charge >= 0.3 is 0 Å². The molecule has 0 bridgehead atoms. The quantitative estimate of drug-likeness (QED) is 0.751. The maximum absolute atomic E-state index is 12.1. The van der Waals surface area contributed by atoms with Crippen molar-refractivity contribution in [2.24, 2.45) is 0 Å². The SMILES string of the molecule is [NH]c1ccc2c(c1)CC(N1CCNCC1)C(=O)N2. The zero-order chi connectivity index (χ0) is 12.5. The lowest BCUT2D eigenvalue weighted by atomic mass is 9.97. The molecule has 3 rings (SSSR count). The Morgan fingerprint density at radius 2 is 2.06 bits per heavy atom. The molecule has 1 radical (unpaired) electrons. The van der Waals surface area contributed by atoms with Gasteiger partial charge in [0.2, 0.25) is 5.91 Å². The average Bonchev–Trinajstić information content (AvgIpc) is 2.39. The first-order chi connectivity index (χ1) is 8.74. The van der Waals surface area contributed by atoms with Crippen LogP contribution in [-0.2, 0) is 11.2 Å². The molecule has 0 aliphatic carbocycles. The number of nitrogens with zero attached hydrogens (tertiary/aromatic N) is 1. The fourth-order valence-electron chi connectivity index (χ4n) is 2.69. The highest BCUT2D eigenvalue weighted by Crippen LogP contribution is 2.27. The van der Waals surface area contributed by atoms with Crippen molar-refractivity contribution < 1.29 is 4.79 Å². The minimum absolute atomic E-state index is 0.0820. The Bertz CT molecular complexity index is 468. The van der Waals surface area contributed by atoms with Gasteiger partial charge in [0.1, 0.15) is 0 Å². The molecule has 1 aromatic rings. The molecular formula is C13H17N4O. The number of benzene rings is 1. The van der Waals surface area contributed by atoms with Gasteiger partial charge < -0.3 is 16.4 Å². The molecule has 5 nitrogen and oxygen atoms in total. The second-order valence-electron chi connectivity index (χ2n) is 4.87. The Hall–Kier alpha value is -1.59. The Kier molecular flexibility index (Phi) is 2.93.